The molecule has 0 spiro atoms. The van der Waals surface area contributed by atoms with Crippen LogP contribution in [0.5, 0.6) is 5.75 Å². The number of para-hydroxylation sites is 1. The molecular weight excluding hydrogens is 368 g/mol. The fraction of sp³-hybridized carbons (Fsp3) is 0.238. The Balaban J connectivity index is 1.44. The van der Waals surface area contributed by atoms with Gasteiger partial charge in [0.05, 0.1) is 0 Å². The van der Waals surface area contributed by atoms with Crippen molar-refractivity contribution in [2.75, 3.05) is 30.3 Å². The second kappa shape index (κ2) is 10.0. The van der Waals surface area contributed by atoms with Crippen LogP contribution in [0.3, 0.4) is 0 Å². The van der Waals surface area contributed by atoms with Crippen LogP contribution in [0.25, 0.3) is 0 Å². The summed E-state index contributed by atoms with van der Waals surface area (Å²) in [4.78, 5) is 24.9. The average Bonchev–Trinajstić information content (AvgIpc) is 2.70. The molecule has 2 heterocycles. The smallest absolute Gasteiger partial charge is 0.258 e. The van der Waals surface area contributed by atoms with E-state index in [4.69, 9.17) is 4.74 Å². The van der Waals surface area contributed by atoms with Crippen molar-refractivity contribution in [3.05, 3.63) is 66.1 Å². The van der Waals surface area contributed by atoms with Crippen LogP contribution in [0.1, 0.15) is 11.4 Å². The van der Waals surface area contributed by atoms with Gasteiger partial charge in [0.15, 0.2) is 6.61 Å². The number of nitrogens with zero attached hydrogens (tertiary/aromatic N) is 3. The number of hydrogen-bond donors (Lipinski definition) is 3. The van der Waals surface area contributed by atoms with Gasteiger partial charge in [0.25, 0.3) is 5.91 Å². The number of aromatic nitrogens is 3. The number of rotatable bonds is 9. The van der Waals surface area contributed by atoms with Crippen molar-refractivity contribution in [3.8, 4) is 5.75 Å². The maximum atomic E-state index is 11.9. The van der Waals surface area contributed by atoms with E-state index in [1.165, 1.54) is 0 Å². The number of benzene rings is 1. The first-order chi connectivity index (χ1) is 14.1. The van der Waals surface area contributed by atoms with Gasteiger partial charge in [0.1, 0.15) is 29.0 Å². The lowest BCUT2D eigenvalue weighted by atomic mass is 10.3. The number of amides is 1. The third-order valence-corrected chi connectivity index (χ3v) is 3.88. The molecule has 150 valence electrons. The molecule has 0 aliphatic carbocycles. The number of hydrogen-bond acceptors (Lipinski definition) is 7. The quantitative estimate of drug-likeness (QED) is 0.481. The van der Waals surface area contributed by atoms with Gasteiger partial charge in [-0.25, -0.2) is 15.0 Å². The minimum Gasteiger partial charge on any atom is -0.484 e. The van der Waals surface area contributed by atoms with E-state index in [-0.39, 0.29) is 12.5 Å². The van der Waals surface area contributed by atoms with E-state index in [0.717, 1.165) is 11.4 Å². The number of nitrogens with one attached hydrogen (secondary N) is 3. The van der Waals surface area contributed by atoms with Crippen molar-refractivity contribution in [2.24, 2.45) is 0 Å². The van der Waals surface area contributed by atoms with Gasteiger partial charge in [0, 0.05) is 25.4 Å². The number of carbonyl (C=O) groups is 1. The third-order valence-electron chi connectivity index (χ3n) is 3.88. The van der Waals surface area contributed by atoms with Crippen molar-refractivity contribution in [2.45, 2.75) is 13.8 Å². The largest absolute Gasteiger partial charge is 0.484 e. The highest BCUT2D eigenvalue weighted by Crippen LogP contribution is 2.16. The molecule has 8 heteroatoms. The van der Waals surface area contributed by atoms with Gasteiger partial charge in [-0.2, -0.15) is 0 Å². The predicted octanol–water partition coefficient (Wildman–Crippen LogP) is 2.84. The van der Waals surface area contributed by atoms with Crippen LogP contribution in [0.4, 0.5) is 17.5 Å². The molecule has 0 fully saturated rings. The highest BCUT2D eigenvalue weighted by molar-refractivity contribution is 5.77. The lowest BCUT2D eigenvalue weighted by molar-refractivity contribution is -0.123. The van der Waals surface area contributed by atoms with Gasteiger partial charge in [-0.1, -0.05) is 18.2 Å². The number of pyridine rings is 1. The summed E-state index contributed by atoms with van der Waals surface area (Å²) in [5.74, 6) is 3.16. The lowest BCUT2D eigenvalue weighted by Gasteiger charge is -2.11. The molecule has 8 nitrogen and oxygen atoms in total. The fourth-order valence-corrected chi connectivity index (χ4v) is 2.57. The predicted molar refractivity (Wildman–Crippen MR) is 112 cm³/mol. The van der Waals surface area contributed by atoms with Crippen molar-refractivity contribution < 1.29 is 9.53 Å². The van der Waals surface area contributed by atoms with Crippen LogP contribution in [0.15, 0.2) is 54.7 Å². The molecule has 0 aliphatic rings. The number of aryl methyl sites for hydroxylation is 2. The van der Waals surface area contributed by atoms with Crippen LogP contribution in [0.2, 0.25) is 0 Å². The zero-order valence-electron chi connectivity index (χ0n) is 16.5. The first-order valence-corrected chi connectivity index (χ1v) is 9.32. The summed E-state index contributed by atoms with van der Waals surface area (Å²) < 4.78 is 5.41. The van der Waals surface area contributed by atoms with Crippen molar-refractivity contribution in [3.63, 3.8) is 0 Å². The highest BCUT2D eigenvalue weighted by atomic mass is 16.5. The van der Waals surface area contributed by atoms with Crippen molar-refractivity contribution in [1.82, 2.24) is 20.3 Å². The molecule has 3 aromatic rings. The molecule has 0 aliphatic heterocycles. The number of anilines is 3. The van der Waals surface area contributed by atoms with Crippen LogP contribution in [-0.4, -0.2) is 40.6 Å². The Bertz CT molecular complexity index is 949. The first-order valence-electron chi connectivity index (χ1n) is 9.32. The Morgan fingerprint density at radius 3 is 2.55 bits per heavy atom. The summed E-state index contributed by atoms with van der Waals surface area (Å²) in [6, 6.07) is 14.9. The van der Waals surface area contributed by atoms with E-state index >= 15 is 0 Å². The molecule has 3 rings (SSSR count). The van der Waals surface area contributed by atoms with E-state index in [9.17, 15) is 4.79 Å². The molecule has 1 aromatic carbocycles. The standard InChI is InChI=1S/C21H24N6O2/c1-15-8-9-22-18(12-15)27-20-13-19(25-16(2)26-20)23-10-11-24-21(28)14-29-17-6-4-3-5-7-17/h3-9,12-13H,10-11,14H2,1-2H3,(H,24,28)(H2,22,23,25,26,27). The van der Waals surface area contributed by atoms with Gasteiger partial charge >= 0.3 is 0 Å². The van der Waals surface area contributed by atoms with E-state index < -0.39 is 0 Å². The maximum absolute atomic E-state index is 11.9. The SMILES string of the molecule is Cc1ccnc(Nc2cc(NCCNC(=O)COc3ccccc3)nc(C)n2)c1. The zero-order chi connectivity index (χ0) is 20.5. The fourth-order valence-electron chi connectivity index (χ4n) is 2.57. The van der Waals surface area contributed by atoms with Crippen LogP contribution in [-0.2, 0) is 4.79 Å². The molecule has 0 saturated heterocycles. The first kappa shape index (κ1) is 20.1. The zero-order valence-corrected chi connectivity index (χ0v) is 16.5. The highest BCUT2D eigenvalue weighted by Gasteiger charge is 2.05. The third kappa shape index (κ3) is 6.76. The van der Waals surface area contributed by atoms with Gasteiger partial charge in [-0.15, -0.1) is 0 Å². The topological polar surface area (TPSA) is 101 Å². The Labute approximate surface area is 169 Å². The molecule has 3 N–H and O–H groups in total. The minimum atomic E-state index is -0.178. The molecule has 0 atom stereocenters. The second-order valence-electron chi connectivity index (χ2n) is 6.41. The van der Waals surface area contributed by atoms with Crippen molar-refractivity contribution in [1.29, 1.82) is 0 Å². The van der Waals surface area contributed by atoms with Crippen LogP contribution < -0.4 is 20.7 Å². The van der Waals surface area contributed by atoms with Crippen LogP contribution >= 0.6 is 0 Å². The monoisotopic (exact) mass is 392 g/mol. The molecule has 0 radical (unpaired) electrons. The summed E-state index contributed by atoms with van der Waals surface area (Å²) in [6.45, 7) is 4.78. The molecule has 1 amide bonds. The van der Waals surface area contributed by atoms with E-state index in [1.54, 1.807) is 12.3 Å². The normalized spacial score (nSPS) is 10.3. The van der Waals surface area contributed by atoms with Gasteiger partial charge in [-0.05, 0) is 43.7 Å². The lowest BCUT2D eigenvalue weighted by Crippen LogP contribution is -2.32. The molecule has 2 aromatic heterocycles. The van der Waals surface area contributed by atoms with E-state index in [2.05, 4.69) is 30.9 Å². The van der Waals surface area contributed by atoms with E-state index in [1.807, 2.05) is 56.3 Å². The minimum absolute atomic E-state index is 0.0197. The second-order valence-corrected chi connectivity index (χ2v) is 6.41. The van der Waals surface area contributed by atoms with Crippen LogP contribution in [0, 0.1) is 13.8 Å². The van der Waals surface area contributed by atoms with E-state index in [0.29, 0.717) is 36.3 Å². The Hall–Kier alpha value is -3.68. The molecule has 29 heavy (non-hydrogen) atoms. The van der Waals surface area contributed by atoms with Crippen molar-refractivity contribution >= 4 is 23.4 Å². The number of ether oxygens (including phenoxy) is 1. The summed E-state index contributed by atoms with van der Waals surface area (Å²) in [5, 5.41) is 9.17. The van der Waals surface area contributed by atoms with Gasteiger partial charge < -0.3 is 20.7 Å². The molecule has 0 bridgehead atoms. The average molecular weight is 392 g/mol. The summed E-state index contributed by atoms with van der Waals surface area (Å²) in [6.07, 6.45) is 1.75. The maximum Gasteiger partial charge on any atom is 0.258 e. The van der Waals surface area contributed by atoms with Gasteiger partial charge in [0.2, 0.25) is 0 Å². The Morgan fingerprint density at radius 2 is 1.76 bits per heavy atom. The summed E-state index contributed by atoms with van der Waals surface area (Å²) >= 11 is 0. The summed E-state index contributed by atoms with van der Waals surface area (Å²) in [7, 11) is 0. The summed E-state index contributed by atoms with van der Waals surface area (Å²) in [5.41, 5.74) is 1.11. The molecule has 0 saturated carbocycles. The Morgan fingerprint density at radius 1 is 0.966 bits per heavy atom. The Kier molecular flexibility index (Phi) is 6.94. The molecular formula is C21H24N6O2. The number of carbonyl (C=O) groups excluding carboxylic acids is 1. The molecule has 0 unspecified atom stereocenters. The van der Waals surface area contributed by atoms with Gasteiger partial charge in [-0.3, -0.25) is 4.79 Å².